The molecule has 0 bridgehead atoms. The van der Waals surface area contributed by atoms with E-state index in [1.54, 1.807) is 0 Å². The normalized spacial score (nSPS) is 13.3. The molecule has 0 amide bonds. The molecule has 2 aromatic rings. The van der Waals surface area contributed by atoms with E-state index in [0.29, 0.717) is 0 Å². The quantitative estimate of drug-likeness (QED) is 0.663. The molecule has 0 spiro atoms. The summed E-state index contributed by atoms with van der Waals surface area (Å²) in [7, 11) is 0. The van der Waals surface area contributed by atoms with Crippen LogP contribution >= 0.6 is 0 Å². The average Bonchev–Trinajstić information content (AvgIpc) is 2.84. The Hall–Kier alpha value is -1.94. The summed E-state index contributed by atoms with van der Waals surface area (Å²) in [5.41, 5.74) is 8.88. The van der Waals surface area contributed by atoms with Gasteiger partial charge in [-0.2, -0.15) is 0 Å². The molecular weight excluding hydrogens is 248 g/mol. The van der Waals surface area contributed by atoms with Crippen LogP contribution in [0.4, 0.5) is 5.82 Å². The second-order valence-corrected chi connectivity index (χ2v) is 5.58. The summed E-state index contributed by atoms with van der Waals surface area (Å²) < 4.78 is 0. The Kier molecular flexibility index (Phi) is 3.40. The van der Waals surface area contributed by atoms with Gasteiger partial charge in [-0.05, 0) is 38.7 Å². The number of aryl methyl sites for hydroxylation is 3. The minimum atomic E-state index is 0.754. The maximum atomic E-state index is 5.59. The van der Waals surface area contributed by atoms with Gasteiger partial charge in [0.2, 0.25) is 0 Å². The summed E-state index contributed by atoms with van der Waals surface area (Å²) in [6, 6.07) is 6.57. The Morgan fingerprint density at radius 3 is 2.55 bits per heavy atom. The predicted molar refractivity (Wildman–Crippen MR) is 80.6 cm³/mol. The van der Waals surface area contributed by atoms with E-state index in [1.807, 2.05) is 0 Å². The second-order valence-electron chi connectivity index (χ2n) is 5.58. The summed E-state index contributed by atoms with van der Waals surface area (Å²) >= 11 is 0. The molecule has 1 aliphatic carbocycles. The number of anilines is 1. The van der Waals surface area contributed by atoms with E-state index in [2.05, 4.69) is 42.5 Å². The summed E-state index contributed by atoms with van der Waals surface area (Å²) in [4.78, 5) is 9.28. The Morgan fingerprint density at radius 1 is 1.10 bits per heavy atom. The number of nitrogen functional groups attached to an aromatic ring is 1. The van der Waals surface area contributed by atoms with Crippen LogP contribution in [0.3, 0.4) is 0 Å². The van der Waals surface area contributed by atoms with Crippen LogP contribution in [0.1, 0.15) is 40.2 Å². The van der Waals surface area contributed by atoms with Gasteiger partial charge in [0.1, 0.15) is 11.6 Å². The van der Waals surface area contributed by atoms with Crippen molar-refractivity contribution < 1.29 is 0 Å². The maximum Gasteiger partial charge on any atom is 0.147 e. The number of hydrogen-bond donors (Lipinski definition) is 2. The molecule has 20 heavy (non-hydrogen) atoms. The SMILES string of the molecule is Cc1cc(C)cc(Cc2nc3c(c(NN)n2)CCC3)c1. The Morgan fingerprint density at radius 2 is 1.85 bits per heavy atom. The van der Waals surface area contributed by atoms with Crippen molar-refractivity contribution in [2.24, 2.45) is 5.84 Å². The first kappa shape index (κ1) is 13.1. The largest absolute Gasteiger partial charge is 0.308 e. The van der Waals surface area contributed by atoms with Crippen LogP contribution in [-0.4, -0.2) is 9.97 Å². The van der Waals surface area contributed by atoms with Crippen LogP contribution in [0.15, 0.2) is 18.2 Å². The molecule has 4 nitrogen and oxygen atoms in total. The minimum absolute atomic E-state index is 0.754. The first-order chi connectivity index (χ1) is 9.65. The molecule has 0 saturated carbocycles. The van der Waals surface area contributed by atoms with Crippen molar-refractivity contribution in [3.63, 3.8) is 0 Å². The number of nitrogens with two attached hydrogens (primary N) is 1. The number of rotatable bonds is 3. The molecule has 0 atom stereocenters. The molecule has 3 rings (SSSR count). The number of hydrogen-bond acceptors (Lipinski definition) is 4. The number of nitrogens with one attached hydrogen (secondary N) is 1. The Bertz CT molecular complexity index is 629. The summed E-state index contributed by atoms with van der Waals surface area (Å²) in [6.07, 6.45) is 3.96. The predicted octanol–water partition coefficient (Wildman–Crippen LogP) is 2.46. The summed E-state index contributed by atoms with van der Waals surface area (Å²) in [5.74, 6) is 7.24. The van der Waals surface area contributed by atoms with Crippen molar-refractivity contribution >= 4 is 5.82 Å². The first-order valence-corrected chi connectivity index (χ1v) is 7.08. The van der Waals surface area contributed by atoms with Gasteiger partial charge in [-0.3, -0.25) is 0 Å². The fourth-order valence-electron chi connectivity index (χ4n) is 3.04. The number of nitrogens with zero attached hydrogens (tertiary/aromatic N) is 2. The molecule has 1 heterocycles. The van der Waals surface area contributed by atoms with E-state index in [-0.39, 0.29) is 0 Å². The minimum Gasteiger partial charge on any atom is -0.308 e. The van der Waals surface area contributed by atoms with E-state index in [0.717, 1.165) is 43.0 Å². The van der Waals surface area contributed by atoms with Gasteiger partial charge in [0.15, 0.2) is 0 Å². The molecule has 1 aromatic heterocycles. The highest BCUT2D eigenvalue weighted by molar-refractivity contribution is 5.48. The molecule has 1 aliphatic rings. The molecule has 0 unspecified atom stereocenters. The number of aromatic nitrogens is 2. The van der Waals surface area contributed by atoms with Crippen molar-refractivity contribution in [3.8, 4) is 0 Å². The topological polar surface area (TPSA) is 63.8 Å². The zero-order valence-corrected chi connectivity index (χ0v) is 12.0. The Balaban J connectivity index is 1.95. The lowest BCUT2D eigenvalue weighted by atomic mass is 10.0. The van der Waals surface area contributed by atoms with E-state index < -0.39 is 0 Å². The molecule has 0 fully saturated rings. The van der Waals surface area contributed by atoms with E-state index >= 15 is 0 Å². The lowest BCUT2D eigenvalue weighted by Gasteiger charge is -2.10. The molecular formula is C16H20N4. The van der Waals surface area contributed by atoms with Gasteiger partial charge in [-0.15, -0.1) is 0 Å². The average molecular weight is 268 g/mol. The van der Waals surface area contributed by atoms with Gasteiger partial charge in [-0.25, -0.2) is 15.8 Å². The standard InChI is InChI=1S/C16H20N4/c1-10-6-11(2)8-12(7-10)9-15-18-14-5-3-4-13(14)16(19-15)20-17/h6-8H,3-5,9,17H2,1-2H3,(H,18,19,20). The maximum absolute atomic E-state index is 5.59. The smallest absolute Gasteiger partial charge is 0.147 e. The van der Waals surface area contributed by atoms with Gasteiger partial charge < -0.3 is 5.43 Å². The van der Waals surface area contributed by atoms with Crippen LogP contribution in [0.5, 0.6) is 0 Å². The van der Waals surface area contributed by atoms with Crippen LogP contribution in [0.25, 0.3) is 0 Å². The fraction of sp³-hybridized carbons (Fsp3) is 0.375. The van der Waals surface area contributed by atoms with Crippen molar-refractivity contribution in [1.82, 2.24) is 9.97 Å². The van der Waals surface area contributed by atoms with Crippen molar-refractivity contribution in [1.29, 1.82) is 0 Å². The lowest BCUT2D eigenvalue weighted by Crippen LogP contribution is -2.14. The van der Waals surface area contributed by atoms with Gasteiger partial charge >= 0.3 is 0 Å². The molecule has 0 saturated heterocycles. The van der Waals surface area contributed by atoms with Crippen LogP contribution in [-0.2, 0) is 19.3 Å². The van der Waals surface area contributed by atoms with Crippen LogP contribution < -0.4 is 11.3 Å². The zero-order chi connectivity index (χ0) is 14.1. The zero-order valence-electron chi connectivity index (χ0n) is 12.0. The van der Waals surface area contributed by atoms with E-state index in [4.69, 9.17) is 10.8 Å². The third-order valence-electron chi connectivity index (χ3n) is 3.76. The second kappa shape index (κ2) is 5.21. The third kappa shape index (κ3) is 2.51. The van der Waals surface area contributed by atoms with Crippen molar-refractivity contribution in [2.75, 3.05) is 5.43 Å². The monoisotopic (exact) mass is 268 g/mol. The highest BCUT2D eigenvalue weighted by Crippen LogP contribution is 2.26. The molecule has 104 valence electrons. The van der Waals surface area contributed by atoms with Crippen LogP contribution in [0.2, 0.25) is 0 Å². The third-order valence-corrected chi connectivity index (χ3v) is 3.76. The molecule has 0 aliphatic heterocycles. The number of hydrazine groups is 1. The van der Waals surface area contributed by atoms with Crippen LogP contribution in [0, 0.1) is 13.8 Å². The molecule has 4 heteroatoms. The number of benzene rings is 1. The summed E-state index contributed by atoms with van der Waals surface area (Å²) in [5, 5.41) is 0. The number of fused-ring (bicyclic) bond motifs is 1. The fourth-order valence-corrected chi connectivity index (χ4v) is 3.04. The molecule has 1 aromatic carbocycles. The van der Waals surface area contributed by atoms with Crippen molar-refractivity contribution in [3.05, 3.63) is 52.0 Å². The highest BCUT2D eigenvalue weighted by Gasteiger charge is 2.18. The van der Waals surface area contributed by atoms with Crippen molar-refractivity contribution in [2.45, 2.75) is 39.5 Å². The van der Waals surface area contributed by atoms with Gasteiger partial charge in [0, 0.05) is 17.7 Å². The Labute approximate surface area is 119 Å². The first-order valence-electron chi connectivity index (χ1n) is 7.08. The van der Waals surface area contributed by atoms with E-state index in [1.165, 1.54) is 22.3 Å². The highest BCUT2D eigenvalue weighted by atomic mass is 15.3. The van der Waals surface area contributed by atoms with Gasteiger partial charge in [0.25, 0.3) is 0 Å². The van der Waals surface area contributed by atoms with Gasteiger partial charge in [-0.1, -0.05) is 29.3 Å². The molecule has 3 N–H and O–H groups in total. The summed E-state index contributed by atoms with van der Waals surface area (Å²) in [6.45, 7) is 4.24. The van der Waals surface area contributed by atoms with E-state index in [9.17, 15) is 0 Å². The molecule has 0 radical (unpaired) electrons. The van der Waals surface area contributed by atoms with Gasteiger partial charge in [0.05, 0.1) is 0 Å². The lowest BCUT2D eigenvalue weighted by molar-refractivity contribution is 0.885.